The molecule has 0 bridgehead atoms. The highest BCUT2D eigenvalue weighted by Gasteiger charge is 2.39. The molecule has 0 spiro atoms. The van der Waals surface area contributed by atoms with Crippen molar-refractivity contribution in [3.8, 4) is 0 Å². The Kier molecular flexibility index (Phi) is 22.4. The SMILES string of the molecule is CC[C@@H](N)CN(CC1CCCC1)[C@@H](C)C(=O)N(C)[C@@H](CC(C)C)C(=O)N[C@H](C(=O)N[C@@H](CNC(=O)OCc1ccccc1)C(=O)N[C@H](C(=O)O)[C@H](C)OCc1ccccc1)C1CCCCC1. The van der Waals surface area contributed by atoms with E-state index in [4.69, 9.17) is 15.2 Å². The number of ether oxygens (including phenoxy) is 2. The van der Waals surface area contributed by atoms with E-state index >= 15 is 0 Å². The van der Waals surface area contributed by atoms with Crippen LogP contribution in [-0.4, -0.2) is 120 Å². The number of hydrogen-bond acceptors (Lipinski definition) is 10. The van der Waals surface area contributed by atoms with Gasteiger partial charge in [0, 0.05) is 26.2 Å². The number of carboxylic acids is 1. The highest BCUT2D eigenvalue weighted by molar-refractivity contribution is 5.96. The minimum atomic E-state index is -1.53. The average molecular weight is 920 g/mol. The van der Waals surface area contributed by atoms with Gasteiger partial charge in [-0.15, -0.1) is 0 Å². The molecule has 0 unspecified atom stereocenters. The summed E-state index contributed by atoms with van der Waals surface area (Å²) in [5.41, 5.74) is 7.98. The molecule has 366 valence electrons. The lowest BCUT2D eigenvalue weighted by molar-refractivity contribution is -0.147. The van der Waals surface area contributed by atoms with Gasteiger partial charge >= 0.3 is 12.1 Å². The fourth-order valence-corrected chi connectivity index (χ4v) is 8.91. The van der Waals surface area contributed by atoms with Crippen LogP contribution in [0, 0.1) is 17.8 Å². The van der Waals surface area contributed by atoms with Crippen LogP contribution in [0.25, 0.3) is 0 Å². The van der Waals surface area contributed by atoms with E-state index in [9.17, 15) is 33.9 Å². The first-order valence-electron chi connectivity index (χ1n) is 24.1. The number of carbonyl (C=O) groups excluding carboxylic acids is 5. The fourth-order valence-electron chi connectivity index (χ4n) is 8.91. The number of nitrogens with one attached hydrogen (secondary N) is 4. The molecule has 4 rings (SSSR count). The molecule has 7 atom stereocenters. The third kappa shape index (κ3) is 17.3. The van der Waals surface area contributed by atoms with E-state index in [1.807, 2.05) is 64.1 Å². The van der Waals surface area contributed by atoms with E-state index in [1.165, 1.54) is 24.7 Å². The molecule has 2 aromatic carbocycles. The van der Waals surface area contributed by atoms with Crippen molar-refractivity contribution >= 4 is 35.7 Å². The van der Waals surface area contributed by atoms with Gasteiger partial charge in [-0.05, 0) is 81.3 Å². The summed E-state index contributed by atoms with van der Waals surface area (Å²) in [5.74, 6) is -3.47. The Hall–Kier alpha value is -5.06. The normalized spacial score (nSPS) is 17.7. The number of likely N-dealkylation sites (N-methyl/N-ethyl adjacent to an activating group) is 1. The predicted molar refractivity (Wildman–Crippen MR) is 253 cm³/mol. The third-order valence-electron chi connectivity index (χ3n) is 13.1. The van der Waals surface area contributed by atoms with Crippen LogP contribution in [0.15, 0.2) is 60.7 Å². The summed E-state index contributed by atoms with van der Waals surface area (Å²) in [6.07, 6.45) is 7.66. The molecule has 7 N–H and O–H groups in total. The second-order valence-corrected chi connectivity index (χ2v) is 18.8. The van der Waals surface area contributed by atoms with Crippen molar-refractivity contribution in [1.29, 1.82) is 0 Å². The van der Waals surface area contributed by atoms with Crippen molar-refractivity contribution in [2.24, 2.45) is 23.5 Å². The smallest absolute Gasteiger partial charge is 0.407 e. The summed E-state index contributed by atoms with van der Waals surface area (Å²) in [7, 11) is 1.64. The monoisotopic (exact) mass is 920 g/mol. The van der Waals surface area contributed by atoms with Gasteiger partial charge in [-0.3, -0.25) is 24.1 Å². The van der Waals surface area contributed by atoms with E-state index in [2.05, 4.69) is 26.2 Å². The number of nitrogens with zero attached hydrogens (tertiary/aromatic N) is 2. The standard InChI is InChI=1S/C50H77N7O9/c1-7-40(51)30-57(29-36-19-17-18-20-36)34(4)48(61)56(6)42(27-33(2)3)46(59)55-44(39-25-15-10-16-26-39)47(60)53-41(28-52-50(64)66-32-38-23-13-9-14-24-38)45(58)54-43(49(62)63)35(5)65-31-37-21-11-8-12-22-37/h8-9,11-14,21-24,33-36,39-44H,7,10,15-20,25-32,51H2,1-6H3,(H,52,64)(H,53,60)(H,54,58)(H,55,59)(H,62,63)/t34-,35-,40+,41-,42-,43-,44-/m0/s1. The third-order valence-corrected chi connectivity index (χ3v) is 13.1. The van der Waals surface area contributed by atoms with Crippen LogP contribution in [0.2, 0.25) is 0 Å². The van der Waals surface area contributed by atoms with Crippen LogP contribution in [-0.2, 0) is 46.7 Å². The predicted octanol–water partition coefficient (Wildman–Crippen LogP) is 5.13. The Balaban J connectivity index is 1.57. The maximum absolute atomic E-state index is 14.6. The number of alkyl carbamates (subject to hydrolysis) is 1. The van der Waals surface area contributed by atoms with E-state index in [1.54, 1.807) is 31.3 Å². The zero-order chi connectivity index (χ0) is 48.2. The minimum absolute atomic E-state index is 0.0124. The van der Waals surface area contributed by atoms with E-state index in [-0.39, 0.29) is 37.0 Å². The molecule has 0 saturated heterocycles. The Morgan fingerprint density at radius 3 is 1.94 bits per heavy atom. The molecule has 2 aliphatic carbocycles. The molecule has 2 aromatic rings. The van der Waals surface area contributed by atoms with Crippen LogP contribution in [0.4, 0.5) is 4.79 Å². The summed E-state index contributed by atoms with van der Waals surface area (Å²) < 4.78 is 11.2. The lowest BCUT2D eigenvalue weighted by Gasteiger charge is -2.38. The summed E-state index contributed by atoms with van der Waals surface area (Å²) in [6, 6.07) is 12.5. The molecule has 0 aromatic heterocycles. The van der Waals surface area contributed by atoms with Gasteiger partial charge in [-0.2, -0.15) is 0 Å². The molecule has 2 aliphatic rings. The maximum atomic E-state index is 14.6. The zero-order valence-electron chi connectivity index (χ0n) is 40.0. The highest BCUT2D eigenvalue weighted by Crippen LogP contribution is 2.29. The van der Waals surface area contributed by atoms with Crippen LogP contribution in [0.1, 0.15) is 116 Å². The molecule has 0 aliphatic heterocycles. The molecule has 0 radical (unpaired) electrons. The van der Waals surface area contributed by atoms with Crippen molar-refractivity contribution < 1.29 is 43.3 Å². The molecule has 5 amide bonds. The molecule has 0 heterocycles. The summed E-state index contributed by atoms with van der Waals surface area (Å²) >= 11 is 0. The number of benzene rings is 2. The number of carboxylic acid groups (broad SMARTS) is 1. The Morgan fingerprint density at radius 1 is 0.773 bits per heavy atom. The van der Waals surface area contributed by atoms with Crippen molar-refractivity contribution in [1.82, 2.24) is 31.1 Å². The first-order chi connectivity index (χ1) is 31.6. The summed E-state index contributed by atoms with van der Waals surface area (Å²) in [6.45, 7) is 10.2. The molecule has 16 nitrogen and oxygen atoms in total. The van der Waals surface area contributed by atoms with Gasteiger partial charge in [-0.1, -0.05) is 114 Å². The van der Waals surface area contributed by atoms with Gasteiger partial charge in [0.2, 0.25) is 23.6 Å². The van der Waals surface area contributed by atoms with Crippen molar-refractivity contribution in [2.45, 2.75) is 161 Å². The largest absolute Gasteiger partial charge is 0.480 e. The molecule has 2 saturated carbocycles. The number of nitrogens with two attached hydrogens (primary N) is 1. The first-order valence-corrected chi connectivity index (χ1v) is 24.1. The summed E-state index contributed by atoms with van der Waals surface area (Å²) in [4.78, 5) is 86.9. The van der Waals surface area contributed by atoms with Crippen LogP contribution < -0.4 is 27.0 Å². The van der Waals surface area contributed by atoms with Gasteiger partial charge < -0.3 is 46.5 Å². The Labute approximate surface area is 391 Å². The number of carbonyl (C=O) groups is 6. The molecule has 16 heteroatoms. The quantitative estimate of drug-likeness (QED) is 0.0727. The second kappa shape index (κ2) is 27.5. The van der Waals surface area contributed by atoms with Crippen LogP contribution in [0.3, 0.4) is 0 Å². The van der Waals surface area contributed by atoms with Gasteiger partial charge in [0.05, 0.1) is 25.3 Å². The summed E-state index contributed by atoms with van der Waals surface area (Å²) in [5, 5.41) is 21.0. The number of amides is 5. The Bertz CT molecular complexity index is 1820. The first kappa shape index (κ1) is 53.6. The lowest BCUT2D eigenvalue weighted by Crippen LogP contribution is -2.62. The van der Waals surface area contributed by atoms with E-state index < -0.39 is 72.6 Å². The highest BCUT2D eigenvalue weighted by atomic mass is 16.5. The van der Waals surface area contributed by atoms with E-state index in [0.717, 1.165) is 56.2 Å². The van der Waals surface area contributed by atoms with Crippen molar-refractivity contribution in [3.63, 3.8) is 0 Å². The number of aliphatic carboxylic acids is 1. The molecular formula is C50H77N7O9. The maximum Gasteiger partial charge on any atom is 0.407 e. The van der Waals surface area contributed by atoms with Gasteiger partial charge in [0.15, 0.2) is 6.04 Å². The minimum Gasteiger partial charge on any atom is -0.480 e. The number of rotatable bonds is 26. The lowest BCUT2D eigenvalue weighted by atomic mass is 9.83. The topological polar surface area (TPSA) is 222 Å². The van der Waals surface area contributed by atoms with E-state index in [0.29, 0.717) is 31.7 Å². The van der Waals surface area contributed by atoms with Gasteiger partial charge in [0.25, 0.3) is 0 Å². The second-order valence-electron chi connectivity index (χ2n) is 18.8. The molecule has 2 fully saturated rings. The van der Waals surface area contributed by atoms with Crippen molar-refractivity contribution in [3.05, 3.63) is 71.8 Å². The molecule has 66 heavy (non-hydrogen) atoms. The fraction of sp³-hybridized carbons (Fsp3) is 0.640. The zero-order valence-corrected chi connectivity index (χ0v) is 40.0. The van der Waals surface area contributed by atoms with Gasteiger partial charge in [-0.25, -0.2) is 9.59 Å². The Morgan fingerprint density at radius 2 is 1.36 bits per heavy atom. The van der Waals surface area contributed by atoms with Gasteiger partial charge in [0.1, 0.15) is 24.7 Å². The van der Waals surface area contributed by atoms with Crippen molar-refractivity contribution in [2.75, 3.05) is 26.7 Å². The molecular weight excluding hydrogens is 843 g/mol. The van der Waals surface area contributed by atoms with Crippen LogP contribution >= 0.6 is 0 Å². The van der Waals surface area contributed by atoms with Crippen LogP contribution in [0.5, 0.6) is 0 Å². The average Bonchev–Trinajstić information content (AvgIpc) is 3.84. The number of hydrogen-bond donors (Lipinski definition) is 6.